The van der Waals surface area contributed by atoms with Gasteiger partial charge in [0.25, 0.3) is 5.56 Å². The van der Waals surface area contributed by atoms with Crippen LogP contribution in [0.4, 0.5) is 0 Å². The van der Waals surface area contributed by atoms with Gasteiger partial charge in [-0.2, -0.15) is 0 Å². The second kappa shape index (κ2) is 5.14. The minimum Gasteiger partial charge on any atom is -0.324 e. The Bertz CT molecular complexity index is 773. The smallest absolute Gasteiger partial charge is 0.324 e. The molecule has 21 heavy (non-hydrogen) atoms. The van der Waals surface area contributed by atoms with Crippen LogP contribution in [0.15, 0.2) is 15.9 Å². The molecule has 0 aliphatic carbocycles. The Hall–Kier alpha value is -1.89. The number of rotatable bonds is 4. The van der Waals surface area contributed by atoms with Crippen molar-refractivity contribution in [2.45, 2.75) is 46.3 Å². The fraction of sp³-hybridized carbons (Fsp3) is 0.643. The fourth-order valence-corrected chi connectivity index (χ4v) is 2.39. The van der Waals surface area contributed by atoms with Crippen LogP contribution in [0.3, 0.4) is 0 Å². The van der Waals surface area contributed by atoms with E-state index in [1.165, 1.54) is 7.05 Å². The maximum absolute atomic E-state index is 12.4. The molecule has 0 unspecified atom stereocenters. The van der Waals surface area contributed by atoms with Gasteiger partial charge in [0.15, 0.2) is 11.2 Å². The first-order valence-corrected chi connectivity index (χ1v) is 7.05. The number of nitrogens with zero attached hydrogens (tertiary/aromatic N) is 4. The molecule has 7 nitrogen and oxygen atoms in total. The molecule has 0 bridgehead atoms. The highest BCUT2D eigenvalue weighted by Crippen LogP contribution is 2.11. The predicted molar refractivity (Wildman–Crippen MR) is 82.3 cm³/mol. The van der Waals surface area contributed by atoms with E-state index in [1.54, 1.807) is 15.5 Å². The number of nitrogens with two attached hydrogens (primary N) is 1. The maximum Gasteiger partial charge on any atom is 0.332 e. The van der Waals surface area contributed by atoms with Gasteiger partial charge in [-0.1, -0.05) is 13.8 Å². The lowest BCUT2D eigenvalue weighted by molar-refractivity contribution is 0.439. The van der Waals surface area contributed by atoms with E-state index in [4.69, 9.17) is 5.73 Å². The first-order chi connectivity index (χ1) is 9.61. The first-order valence-electron chi connectivity index (χ1n) is 7.05. The summed E-state index contributed by atoms with van der Waals surface area (Å²) in [6, 6.07) is 0. The van der Waals surface area contributed by atoms with Crippen LogP contribution in [0.25, 0.3) is 11.2 Å². The molecule has 0 amide bonds. The average molecular weight is 293 g/mol. The molecule has 2 heterocycles. The van der Waals surface area contributed by atoms with Crippen LogP contribution in [-0.2, 0) is 20.1 Å². The van der Waals surface area contributed by atoms with Gasteiger partial charge in [-0.15, -0.1) is 0 Å². The number of imidazole rings is 1. The zero-order valence-electron chi connectivity index (χ0n) is 13.3. The highest BCUT2D eigenvalue weighted by atomic mass is 16.2. The molecule has 0 atom stereocenters. The first kappa shape index (κ1) is 15.5. The third-order valence-corrected chi connectivity index (χ3v) is 3.22. The Labute approximate surface area is 123 Å². The summed E-state index contributed by atoms with van der Waals surface area (Å²) in [6.07, 6.45) is 1.58. The molecule has 2 aromatic rings. The zero-order valence-corrected chi connectivity index (χ0v) is 13.3. The molecule has 0 aromatic carbocycles. The quantitative estimate of drug-likeness (QED) is 0.877. The molecule has 0 spiro atoms. The summed E-state index contributed by atoms with van der Waals surface area (Å²) in [5.74, 6) is 0.277. The van der Waals surface area contributed by atoms with E-state index in [1.807, 2.05) is 27.7 Å². The molecule has 7 heteroatoms. The van der Waals surface area contributed by atoms with Gasteiger partial charge in [0, 0.05) is 25.7 Å². The van der Waals surface area contributed by atoms with Crippen molar-refractivity contribution < 1.29 is 0 Å². The lowest BCUT2D eigenvalue weighted by atomic mass is 10.1. The predicted octanol–water partition coefficient (Wildman–Crippen LogP) is 0.290. The van der Waals surface area contributed by atoms with Crippen LogP contribution in [0.1, 0.15) is 27.7 Å². The second-order valence-corrected chi connectivity index (χ2v) is 6.68. The van der Waals surface area contributed by atoms with Crippen molar-refractivity contribution in [3.05, 3.63) is 27.2 Å². The van der Waals surface area contributed by atoms with E-state index in [0.29, 0.717) is 24.3 Å². The number of hydrogen-bond donors (Lipinski definition) is 1. The van der Waals surface area contributed by atoms with Gasteiger partial charge in [-0.05, 0) is 19.8 Å². The van der Waals surface area contributed by atoms with Crippen LogP contribution >= 0.6 is 0 Å². The van der Waals surface area contributed by atoms with Gasteiger partial charge in [-0.3, -0.25) is 13.9 Å². The van der Waals surface area contributed by atoms with Gasteiger partial charge in [0.2, 0.25) is 0 Å². The summed E-state index contributed by atoms with van der Waals surface area (Å²) in [4.78, 5) is 29.0. The van der Waals surface area contributed by atoms with Gasteiger partial charge in [-0.25, -0.2) is 9.78 Å². The number of hydrogen-bond acceptors (Lipinski definition) is 4. The summed E-state index contributed by atoms with van der Waals surface area (Å²) in [5.41, 5.74) is 5.74. The van der Waals surface area contributed by atoms with Crippen LogP contribution in [0.2, 0.25) is 0 Å². The molecular weight excluding hydrogens is 270 g/mol. The molecule has 0 saturated heterocycles. The highest BCUT2D eigenvalue weighted by Gasteiger charge is 2.20. The molecule has 2 N–H and O–H groups in total. The van der Waals surface area contributed by atoms with Crippen molar-refractivity contribution in [3.63, 3.8) is 0 Å². The van der Waals surface area contributed by atoms with Crippen LogP contribution < -0.4 is 17.0 Å². The van der Waals surface area contributed by atoms with E-state index in [9.17, 15) is 9.59 Å². The standard InChI is InChI=1S/C14H23N5O2/c1-9(2)6-19-11-10(12(20)17(5)13(19)21)18(8-16-11)7-14(3,4)15/h8-9H,6-7,15H2,1-5H3. The third kappa shape index (κ3) is 2.92. The van der Waals surface area contributed by atoms with Crippen molar-refractivity contribution in [2.75, 3.05) is 0 Å². The molecule has 0 fully saturated rings. The van der Waals surface area contributed by atoms with E-state index >= 15 is 0 Å². The molecule has 0 aliphatic heterocycles. The number of fused-ring (bicyclic) bond motifs is 1. The molecule has 0 aliphatic rings. The SMILES string of the molecule is CC(C)Cn1c(=O)n(C)c(=O)c2c1ncn2CC(C)(C)N. The van der Waals surface area contributed by atoms with Gasteiger partial charge in [0.1, 0.15) is 0 Å². The molecular formula is C14H23N5O2. The van der Waals surface area contributed by atoms with Gasteiger partial charge >= 0.3 is 5.69 Å². The summed E-state index contributed by atoms with van der Waals surface area (Å²) in [6.45, 7) is 8.78. The molecule has 2 aromatic heterocycles. The van der Waals surface area contributed by atoms with Crippen molar-refractivity contribution >= 4 is 11.2 Å². The zero-order chi connectivity index (χ0) is 15.9. The van der Waals surface area contributed by atoms with E-state index < -0.39 is 5.54 Å². The molecule has 2 rings (SSSR count). The van der Waals surface area contributed by atoms with E-state index in [-0.39, 0.29) is 17.2 Å². The Morgan fingerprint density at radius 3 is 2.48 bits per heavy atom. The lowest BCUT2D eigenvalue weighted by Crippen LogP contribution is -2.41. The van der Waals surface area contributed by atoms with Crippen LogP contribution in [-0.4, -0.2) is 24.2 Å². The van der Waals surface area contributed by atoms with Crippen molar-refractivity contribution in [3.8, 4) is 0 Å². The van der Waals surface area contributed by atoms with Crippen LogP contribution in [0.5, 0.6) is 0 Å². The Balaban J connectivity index is 2.77. The largest absolute Gasteiger partial charge is 0.332 e. The Kier molecular flexibility index (Phi) is 3.79. The van der Waals surface area contributed by atoms with Crippen LogP contribution in [0, 0.1) is 5.92 Å². The minimum absolute atomic E-state index is 0.277. The van der Waals surface area contributed by atoms with Crippen molar-refractivity contribution in [1.29, 1.82) is 0 Å². The monoisotopic (exact) mass is 293 g/mol. The van der Waals surface area contributed by atoms with E-state index in [0.717, 1.165) is 4.57 Å². The van der Waals surface area contributed by atoms with Gasteiger partial charge < -0.3 is 10.3 Å². The molecule has 0 radical (unpaired) electrons. The summed E-state index contributed by atoms with van der Waals surface area (Å²) in [7, 11) is 1.49. The van der Waals surface area contributed by atoms with Crippen molar-refractivity contribution in [1.82, 2.24) is 18.7 Å². The third-order valence-electron chi connectivity index (χ3n) is 3.22. The fourth-order valence-electron chi connectivity index (χ4n) is 2.39. The molecule has 116 valence electrons. The molecule has 0 saturated carbocycles. The van der Waals surface area contributed by atoms with Crippen molar-refractivity contribution in [2.24, 2.45) is 18.7 Å². The highest BCUT2D eigenvalue weighted by molar-refractivity contribution is 5.70. The average Bonchev–Trinajstić information content (AvgIpc) is 2.73. The van der Waals surface area contributed by atoms with E-state index in [2.05, 4.69) is 4.98 Å². The Morgan fingerprint density at radius 2 is 1.95 bits per heavy atom. The second-order valence-electron chi connectivity index (χ2n) is 6.68. The van der Waals surface area contributed by atoms with Gasteiger partial charge in [0.05, 0.1) is 6.33 Å². The summed E-state index contributed by atoms with van der Waals surface area (Å²) in [5, 5.41) is 0. The minimum atomic E-state index is -0.475. The maximum atomic E-state index is 12.4. The summed E-state index contributed by atoms with van der Waals surface area (Å²) >= 11 is 0. The topological polar surface area (TPSA) is 87.8 Å². The summed E-state index contributed by atoms with van der Waals surface area (Å²) < 4.78 is 4.42. The Morgan fingerprint density at radius 1 is 1.33 bits per heavy atom. The normalized spacial score (nSPS) is 12.5. The number of aromatic nitrogens is 4. The lowest BCUT2D eigenvalue weighted by Gasteiger charge is -2.19.